The number of rotatable bonds is 5. The van der Waals surface area contributed by atoms with Gasteiger partial charge in [0.05, 0.1) is 5.39 Å². The maximum absolute atomic E-state index is 11.1. The molecule has 3 atom stereocenters. The lowest BCUT2D eigenvalue weighted by atomic mass is 9.75. The van der Waals surface area contributed by atoms with Crippen LogP contribution in [0.15, 0.2) is 6.33 Å². The number of fused-ring (bicyclic) bond motifs is 3. The van der Waals surface area contributed by atoms with Crippen LogP contribution in [-0.4, -0.2) is 40.4 Å². The number of hydrogen-bond donors (Lipinski definition) is 2. The highest BCUT2D eigenvalue weighted by Gasteiger charge is 2.37. The molecule has 0 bridgehead atoms. The average Bonchev–Trinajstić information content (AvgIpc) is 3.19. The highest BCUT2D eigenvalue weighted by molar-refractivity contribution is 7.19. The Labute approximate surface area is 158 Å². The lowest BCUT2D eigenvalue weighted by Crippen LogP contribution is -2.38. The van der Waals surface area contributed by atoms with Crippen molar-refractivity contribution in [3.05, 3.63) is 16.8 Å². The minimum atomic E-state index is -0.218. The van der Waals surface area contributed by atoms with E-state index in [1.165, 1.54) is 42.5 Å². The lowest BCUT2D eigenvalue weighted by Gasteiger charge is -2.38. The number of aryl methyl sites for hydroxylation is 1. The first kappa shape index (κ1) is 17.7. The SMILES string of the molecule is CN(CCC(N)=O)[C@H]1CCCC(C2CCc3sc4ncnc(N)c4c32)C1. The molecule has 26 heavy (non-hydrogen) atoms. The average molecular weight is 374 g/mol. The zero-order valence-electron chi connectivity index (χ0n) is 15.3. The number of carbonyl (C=O) groups is 1. The second kappa shape index (κ2) is 7.12. The van der Waals surface area contributed by atoms with Crippen molar-refractivity contribution in [2.24, 2.45) is 11.7 Å². The van der Waals surface area contributed by atoms with Crippen molar-refractivity contribution in [3.8, 4) is 0 Å². The number of thiophene rings is 1. The zero-order valence-corrected chi connectivity index (χ0v) is 16.1. The zero-order chi connectivity index (χ0) is 18.3. The smallest absolute Gasteiger partial charge is 0.218 e. The van der Waals surface area contributed by atoms with Crippen LogP contribution in [0.4, 0.5) is 5.82 Å². The summed E-state index contributed by atoms with van der Waals surface area (Å²) in [5.74, 6) is 1.65. The Morgan fingerprint density at radius 2 is 2.19 bits per heavy atom. The number of aromatic nitrogens is 2. The summed E-state index contributed by atoms with van der Waals surface area (Å²) in [7, 11) is 2.13. The van der Waals surface area contributed by atoms with Crippen LogP contribution < -0.4 is 11.5 Å². The normalized spacial score (nSPS) is 25.7. The number of primary amides is 1. The van der Waals surface area contributed by atoms with Crippen LogP contribution in [0.25, 0.3) is 10.2 Å². The number of nitrogens with two attached hydrogens (primary N) is 2. The number of anilines is 1. The summed E-state index contributed by atoms with van der Waals surface area (Å²) in [6, 6.07) is 0.538. The molecule has 0 spiro atoms. The third-order valence-electron chi connectivity index (χ3n) is 6.28. The Kier molecular flexibility index (Phi) is 4.84. The molecule has 0 aromatic carbocycles. The summed E-state index contributed by atoms with van der Waals surface area (Å²) >= 11 is 1.79. The van der Waals surface area contributed by atoms with E-state index in [1.54, 1.807) is 17.7 Å². The van der Waals surface area contributed by atoms with Crippen LogP contribution in [0.3, 0.4) is 0 Å². The Balaban J connectivity index is 1.54. The fourth-order valence-electron chi connectivity index (χ4n) is 4.94. The minimum absolute atomic E-state index is 0.218. The molecule has 0 radical (unpaired) electrons. The quantitative estimate of drug-likeness (QED) is 0.839. The molecular formula is C19H27N5OS. The third-order valence-corrected chi connectivity index (χ3v) is 7.45. The van der Waals surface area contributed by atoms with E-state index in [2.05, 4.69) is 21.9 Å². The molecule has 4 rings (SSSR count). The van der Waals surface area contributed by atoms with Crippen LogP contribution >= 0.6 is 11.3 Å². The molecular weight excluding hydrogens is 346 g/mol. The van der Waals surface area contributed by atoms with Gasteiger partial charge in [-0.3, -0.25) is 4.79 Å². The fourth-order valence-corrected chi connectivity index (χ4v) is 6.17. The molecule has 1 amide bonds. The van der Waals surface area contributed by atoms with E-state index < -0.39 is 0 Å². The van der Waals surface area contributed by atoms with E-state index in [9.17, 15) is 4.79 Å². The van der Waals surface area contributed by atoms with Crippen LogP contribution in [0.1, 0.15) is 54.9 Å². The standard InChI is InChI=1S/C19H27N5OS/c1-24(8-7-15(20)25)12-4-2-3-11(9-12)13-5-6-14-16(13)17-18(21)22-10-23-19(17)26-14/h10-13H,2-9H2,1H3,(H2,20,25)(H2,21,22,23)/t11?,12-,13?/m0/s1. The third kappa shape index (κ3) is 3.18. The van der Waals surface area contributed by atoms with Crippen molar-refractivity contribution < 1.29 is 4.79 Å². The summed E-state index contributed by atoms with van der Waals surface area (Å²) in [6.45, 7) is 0.755. The first-order valence-electron chi connectivity index (χ1n) is 9.55. The van der Waals surface area contributed by atoms with Gasteiger partial charge in [0.15, 0.2) is 0 Å². The highest BCUT2D eigenvalue weighted by Crippen LogP contribution is 2.50. The fraction of sp³-hybridized carbons (Fsp3) is 0.632. The predicted molar refractivity (Wildman–Crippen MR) is 105 cm³/mol. The van der Waals surface area contributed by atoms with Gasteiger partial charge < -0.3 is 16.4 Å². The monoisotopic (exact) mass is 373 g/mol. The minimum Gasteiger partial charge on any atom is -0.383 e. The molecule has 4 N–H and O–H groups in total. The van der Waals surface area contributed by atoms with Crippen molar-refractivity contribution in [1.82, 2.24) is 14.9 Å². The topological polar surface area (TPSA) is 98.1 Å². The Morgan fingerprint density at radius 3 is 3.00 bits per heavy atom. The van der Waals surface area contributed by atoms with E-state index in [4.69, 9.17) is 11.5 Å². The number of nitrogens with zero attached hydrogens (tertiary/aromatic N) is 3. The van der Waals surface area contributed by atoms with Crippen molar-refractivity contribution >= 4 is 33.3 Å². The summed E-state index contributed by atoms with van der Waals surface area (Å²) in [6.07, 6.45) is 9.28. The van der Waals surface area contributed by atoms with Gasteiger partial charge in [-0.05, 0) is 56.6 Å². The van der Waals surface area contributed by atoms with E-state index in [-0.39, 0.29) is 5.91 Å². The van der Waals surface area contributed by atoms with Gasteiger partial charge in [0.25, 0.3) is 0 Å². The van der Waals surface area contributed by atoms with Crippen LogP contribution in [0.5, 0.6) is 0 Å². The molecule has 2 unspecified atom stereocenters. The van der Waals surface area contributed by atoms with Crippen molar-refractivity contribution in [3.63, 3.8) is 0 Å². The lowest BCUT2D eigenvalue weighted by molar-refractivity contribution is -0.118. The van der Waals surface area contributed by atoms with Gasteiger partial charge >= 0.3 is 0 Å². The number of hydrogen-bond acceptors (Lipinski definition) is 6. The Morgan fingerprint density at radius 1 is 1.35 bits per heavy atom. The summed E-state index contributed by atoms with van der Waals surface area (Å²) in [5.41, 5.74) is 13.0. The van der Waals surface area contributed by atoms with Gasteiger partial charge in [-0.25, -0.2) is 9.97 Å². The molecule has 1 saturated carbocycles. The number of nitrogen functional groups attached to an aromatic ring is 1. The van der Waals surface area contributed by atoms with Crippen molar-refractivity contribution in [2.75, 3.05) is 19.3 Å². The predicted octanol–water partition coefficient (Wildman–Crippen LogP) is 2.67. The second-order valence-corrected chi connectivity index (χ2v) is 8.88. The molecule has 2 aliphatic carbocycles. The second-order valence-electron chi connectivity index (χ2n) is 7.80. The highest BCUT2D eigenvalue weighted by atomic mass is 32.1. The molecule has 2 aromatic rings. The largest absolute Gasteiger partial charge is 0.383 e. The maximum Gasteiger partial charge on any atom is 0.218 e. The van der Waals surface area contributed by atoms with Crippen molar-refractivity contribution in [1.29, 1.82) is 0 Å². The molecule has 140 valence electrons. The molecule has 2 heterocycles. The molecule has 1 fully saturated rings. The summed E-state index contributed by atoms with van der Waals surface area (Å²) in [4.78, 5) is 24.6. The van der Waals surface area contributed by atoms with Crippen molar-refractivity contribution in [2.45, 2.75) is 56.9 Å². The molecule has 0 aliphatic heterocycles. The molecule has 2 aromatic heterocycles. The Bertz CT molecular complexity index is 820. The first-order valence-corrected chi connectivity index (χ1v) is 10.4. The van der Waals surface area contributed by atoms with Gasteiger partial charge in [0, 0.05) is 23.9 Å². The molecule has 7 heteroatoms. The maximum atomic E-state index is 11.1. The Hall–Kier alpha value is -1.73. The van der Waals surface area contributed by atoms with Gasteiger partial charge in [-0.1, -0.05) is 6.42 Å². The number of amides is 1. The van der Waals surface area contributed by atoms with Gasteiger partial charge in [-0.15, -0.1) is 11.3 Å². The van der Waals surface area contributed by atoms with Crippen LogP contribution in [0.2, 0.25) is 0 Å². The van der Waals surface area contributed by atoms with Gasteiger partial charge in [-0.2, -0.15) is 0 Å². The van der Waals surface area contributed by atoms with Crippen LogP contribution in [-0.2, 0) is 11.2 Å². The van der Waals surface area contributed by atoms with E-state index in [0.717, 1.165) is 23.2 Å². The van der Waals surface area contributed by atoms with Gasteiger partial charge in [0.1, 0.15) is 17.0 Å². The molecule has 0 saturated heterocycles. The number of carbonyl (C=O) groups excluding carboxylic acids is 1. The van der Waals surface area contributed by atoms with E-state index >= 15 is 0 Å². The van der Waals surface area contributed by atoms with E-state index in [0.29, 0.717) is 30.1 Å². The van der Waals surface area contributed by atoms with E-state index in [1.807, 2.05) is 0 Å². The summed E-state index contributed by atoms with van der Waals surface area (Å²) in [5, 5.41) is 1.11. The molecule has 6 nitrogen and oxygen atoms in total. The van der Waals surface area contributed by atoms with Crippen LogP contribution in [0, 0.1) is 5.92 Å². The van der Waals surface area contributed by atoms with Gasteiger partial charge in [0.2, 0.25) is 5.91 Å². The molecule has 2 aliphatic rings. The summed E-state index contributed by atoms with van der Waals surface area (Å²) < 4.78 is 0. The first-order chi connectivity index (χ1) is 12.5.